The Hall–Kier alpha value is -2.24. The third kappa shape index (κ3) is 3.03. The van der Waals surface area contributed by atoms with Gasteiger partial charge < -0.3 is 0 Å². The maximum Gasteiger partial charge on any atom is 0.125 e. The third-order valence-corrected chi connectivity index (χ3v) is 6.55. The number of halogens is 1. The van der Waals surface area contributed by atoms with Crippen LogP contribution in [-0.2, 0) is 6.42 Å². The lowest BCUT2D eigenvalue weighted by Crippen LogP contribution is -2.50. The maximum atomic E-state index is 13.5. The van der Waals surface area contributed by atoms with Gasteiger partial charge in [0.1, 0.15) is 5.82 Å². The number of nitrogens with one attached hydrogen (secondary N) is 1. The minimum absolute atomic E-state index is 0.214. The van der Waals surface area contributed by atoms with Gasteiger partial charge in [-0.05, 0) is 55.0 Å². The lowest BCUT2D eigenvalue weighted by molar-refractivity contribution is -0.0830. The average molecular weight is 378 g/mol. The fourth-order valence-corrected chi connectivity index (χ4v) is 5.13. The summed E-state index contributed by atoms with van der Waals surface area (Å²) in [7, 11) is 0. The van der Waals surface area contributed by atoms with E-state index in [1.54, 1.807) is 0 Å². The molecule has 146 valence electrons. The summed E-state index contributed by atoms with van der Waals surface area (Å²) in [6, 6.07) is 14.3. The van der Waals surface area contributed by atoms with Crippen LogP contribution in [0.4, 0.5) is 4.39 Å². The molecule has 4 nitrogen and oxygen atoms in total. The zero-order valence-electron chi connectivity index (χ0n) is 16.4. The molecule has 1 saturated heterocycles. The Morgan fingerprint density at radius 3 is 2.75 bits per heavy atom. The van der Waals surface area contributed by atoms with Crippen LogP contribution in [0.5, 0.6) is 0 Å². The summed E-state index contributed by atoms with van der Waals surface area (Å²) in [6.07, 6.45) is 4.44. The Morgan fingerprint density at radius 1 is 1.11 bits per heavy atom. The van der Waals surface area contributed by atoms with Crippen molar-refractivity contribution in [1.82, 2.24) is 20.2 Å². The quantitative estimate of drug-likeness (QED) is 0.711. The molecule has 0 aliphatic carbocycles. The van der Waals surface area contributed by atoms with Crippen molar-refractivity contribution in [1.29, 1.82) is 0 Å². The van der Waals surface area contributed by atoms with Crippen LogP contribution >= 0.6 is 0 Å². The van der Waals surface area contributed by atoms with Crippen LogP contribution in [0.25, 0.3) is 10.9 Å². The van der Waals surface area contributed by atoms with Gasteiger partial charge in [0.05, 0.1) is 11.2 Å². The van der Waals surface area contributed by atoms with E-state index in [1.807, 2.05) is 6.07 Å². The number of nitrogens with zero attached hydrogens (tertiary/aromatic N) is 3. The Kier molecular flexibility index (Phi) is 4.65. The summed E-state index contributed by atoms with van der Waals surface area (Å²) in [5.74, 6) is 0.223. The number of fused-ring (bicyclic) bond motifs is 2. The van der Waals surface area contributed by atoms with E-state index in [0.29, 0.717) is 12.0 Å². The topological polar surface area (TPSA) is 35.2 Å². The molecule has 2 aliphatic heterocycles. The molecule has 1 N–H and O–H groups in total. The number of hydrazine groups is 1. The Bertz CT molecular complexity index is 974. The summed E-state index contributed by atoms with van der Waals surface area (Å²) >= 11 is 0. The average Bonchev–Trinajstić information content (AvgIpc) is 3.16. The fourth-order valence-electron chi connectivity index (χ4n) is 5.13. The van der Waals surface area contributed by atoms with E-state index < -0.39 is 0 Å². The molecule has 1 unspecified atom stereocenters. The monoisotopic (exact) mass is 378 g/mol. The molecule has 28 heavy (non-hydrogen) atoms. The largest absolute Gasteiger partial charge is 0.277 e. The fraction of sp³-hybridized carbons (Fsp3) is 0.435. The van der Waals surface area contributed by atoms with Crippen molar-refractivity contribution in [2.24, 2.45) is 0 Å². The molecule has 5 heteroatoms. The predicted molar refractivity (Wildman–Crippen MR) is 109 cm³/mol. The molecule has 0 amide bonds. The van der Waals surface area contributed by atoms with Gasteiger partial charge in [0.2, 0.25) is 0 Å². The summed E-state index contributed by atoms with van der Waals surface area (Å²) < 4.78 is 13.5. The number of aromatic nitrogens is 2. The van der Waals surface area contributed by atoms with Crippen LogP contribution in [0, 0.1) is 5.82 Å². The lowest BCUT2D eigenvalue weighted by Gasteiger charge is -2.46. The summed E-state index contributed by atoms with van der Waals surface area (Å²) in [4.78, 5) is 0. The molecule has 0 bridgehead atoms. The van der Waals surface area contributed by atoms with Crippen molar-refractivity contribution in [3.05, 3.63) is 65.1 Å². The van der Waals surface area contributed by atoms with Gasteiger partial charge in [0, 0.05) is 37.0 Å². The molecule has 1 atom stereocenters. The van der Waals surface area contributed by atoms with Gasteiger partial charge in [-0.1, -0.05) is 31.2 Å². The SMILES string of the molecule is CCC1c2ccccc2CCN1N1CCC(c2n[nH]c3cc(F)ccc23)CC1. The van der Waals surface area contributed by atoms with E-state index in [1.165, 1.54) is 23.3 Å². The van der Waals surface area contributed by atoms with Crippen molar-refractivity contribution in [3.63, 3.8) is 0 Å². The standard InChI is InChI=1S/C23H27FN4/c1-2-22-19-6-4-3-5-16(19)11-14-28(22)27-12-9-17(10-13-27)23-20-8-7-18(24)15-21(20)25-26-23/h3-8,15,17,22H,2,9-14H2,1H3,(H,25,26). The highest BCUT2D eigenvalue weighted by Gasteiger charge is 2.33. The zero-order chi connectivity index (χ0) is 19.1. The van der Waals surface area contributed by atoms with Crippen molar-refractivity contribution in [3.8, 4) is 0 Å². The van der Waals surface area contributed by atoms with Crippen molar-refractivity contribution in [2.45, 2.75) is 44.6 Å². The molecule has 2 aliphatic rings. The second kappa shape index (κ2) is 7.30. The van der Waals surface area contributed by atoms with Gasteiger partial charge in [-0.2, -0.15) is 5.10 Å². The van der Waals surface area contributed by atoms with Gasteiger partial charge in [-0.15, -0.1) is 0 Å². The van der Waals surface area contributed by atoms with Crippen LogP contribution in [0.3, 0.4) is 0 Å². The molecule has 3 heterocycles. The van der Waals surface area contributed by atoms with Crippen LogP contribution in [0.2, 0.25) is 0 Å². The van der Waals surface area contributed by atoms with Crippen molar-refractivity contribution < 1.29 is 4.39 Å². The first-order chi connectivity index (χ1) is 13.7. The zero-order valence-corrected chi connectivity index (χ0v) is 16.4. The Morgan fingerprint density at radius 2 is 1.93 bits per heavy atom. The van der Waals surface area contributed by atoms with Crippen molar-refractivity contribution in [2.75, 3.05) is 19.6 Å². The van der Waals surface area contributed by atoms with E-state index >= 15 is 0 Å². The minimum atomic E-state index is -0.214. The van der Waals surface area contributed by atoms with E-state index in [4.69, 9.17) is 0 Å². The normalized spacial score (nSPS) is 21.9. The molecule has 0 radical (unpaired) electrons. The number of H-pyrrole nitrogens is 1. The van der Waals surface area contributed by atoms with Crippen LogP contribution in [-0.4, -0.2) is 39.8 Å². The highest BCUT2D eigenvalue weighted by Crippen LogP contribution is 2.37. The molecule has 1 aromatic heterocycles. The van der Waals surface area contributed by atoms with E-state index in [2.05, 4.69) is 51.4 Å². The number of piperidine rings is 1. The molecule has 1 fully saturated rings. The smallest absolute Gasteiger partial charge is 0.125 e. The summed E-state index contributed by atoms with van der Waals surface area (Å²) in [6.45, 7) is 5.50. The number of hydrogen-bond donors (Lipinski definition) is 1. The van der Waals surface area contributed by atoms with E-state index in [-0.39, 0.29) is 5.82 Å². The lowest BCUT2D eigenvalue weighted by atomic mass is 9.90. The summed E-state index contributed by atoms with van der Waals surface area (Å²) in [5.41, 5.74) is 4.91. The second-order valence-electron chi connectivity index (χ2n) is 8.06. The first-order valence-electron chi connectivity index (χ1n) is 10.5. The first kappa shape index (κ1) is 17.8. The first-order valence-corrected chi connectivity index (χ1v) is 10.5. The number of hydrogen-bond acceptors (Lipinski definition) is 3. The third-order valence-electron chi connectivity index (χ3n) is 6.55. The van der Waals surface area contributed by atoms with Gasteiger partial charge in [-0.3, -0.25) is 5.10 Å². The Balaban J connectivity index is 1.32. The highest BCUT2D eigenvalue weighted by molar-refractivity contribution is 5.81. The van der Waals surface area contributed by atoms with Gasteiger partial charge in [0.25, 0.3) is 0 Å². The maximum absolute atomic E-state index is 13.5. The van der Waals surface area contributed by atoms with Crippen LogP contribution < -0.4 is 0 Å². The molecule has 2 aromatic carbocycles. The minimum Gasteiger partial charge on any atom is -0.277 e. The molecule has 3 aromatic rings. The summed E-state index contributed by atoms with van der Waals surface area (Å²) in [5, 5.41) is 13.8. The van der Waals surface area contributed by atoms with Crippen molar-refractivity contribution >= 4 is 10.9 Å². The van der Waals surface area contributed by atoms with Crippen LogP contribution in [0.15, 0.2) is 42.5 Å². The molecule has 5 rings (SSSR count). The van der Waals surface area contributed by atoms with E-state index in [9.17, 15) is 4.39 Å². The Labute approximate surface area is 165 Å². The molecular formula is C23H27FN4. The van der Waals surface area contributed by atoms with Gasteiger partial charge >= 0.3 is 0 Å². The molecule has 0 spiro atoms. The second-order valence-corrected chi connectivity index (χ2v) is 8.06. The number of aromatic amines is 1. The molecule has 0 saturated carbocycles. The number of benzene rings is 2. The molecular weight excluding hydrogens is 351 g/mol. The highest BCUT2D eigenvalue weighted by atomic mass is 19.1. The number of rotatable bonds is 3. The van der Waals surface area contributed by atoms with Gasteiger partial charge in [0.15, 0.2) is 0 Å². The van der Waals surface area contributed by atoms with Gasteiger partial charge in [-0.25, -0.2) is 14.4 Å². The van der Waals surface area contributed by atoms with E-state index in [0.717, 1.165) is 61.9 Å². The van der Waals surface area contributed by atoms with Crippen LogP contribution in [0.1, 0.15) is 55.0 Å². The predicted octanol–water partition coefficient (Wildman–Crippen LogP) is 4.81.